The Bertz CT molecular complexity index is 685. The molecule has 0 spiro atoms. The van der Waals surface area contributed by atoms with Crippen molar-refractivity contribution in [2.45, 2.75) is 51.2 Å². The molecule has 1 atom stereocenters. The molecule has 0 radical (unpaired) electrons. The first kappa shape index (κ1) is 18.7. The molecule has 134 valence electrons. The lowest BCUT2D eigenvalue weighted by Gasteiger charge is -2.41. The number of carbonyl (C=O) groups excluding carboxylic acids is 1. The fourth-order valence-electron chi connectivity index (χ4n) is 2.32. The fraction of sp³-hybridized carbons (Fsp3) is 0.588. The summed E-state index contributed by atoms with van der Waals surface area (Å²) in [6, 6.07) is 6.53. The molecule has 1 aromatic rings. The van der Waals surface area contributed by atoms with Crippen LogP contribution >= 0.6 is 0 Å². The topological polar surface area (TPSA) is 72.9 Å². The van der Waals surface area contributed by atoms with Gasteiger partial charge in [0.15, 0.2) is 0 Å². The number of ether oxygens (including phenoxy) is 1. The van der Waals surface area contributed by atoms with Crippen LogP contribution in [0.2, 0.25) is 0 Å². The Morgan fingerprint density at radius 3 is 2.25 bits per heavy atom. The molecule has 0 aromatic heterocycles. The summed E-state index contributed by atoms with van der Waals surface area (Å²) in [4.78, 5) is 13.6. The second-order valence-corrected chi connectivity index (χ2v) is 8.79. The molecule has 0 saturated carbocycles. The molecule has 1 aliphatic heterocycles. The van der Waals surface area contributed by atoms with Crippen molar-refractivity contribution >= 4 is 16.2 Å². The van der Waals surface area contributed by atoms with Crippen LogP contribution in [0.15, 0.2) is 29.2 Å². The number of hydrogen-bond acceptors (Lipinski definition) is 5. The van der Waals surface area contributed by atoms with Gasteiger partial charge in [0.25, 0.3) is 10.1 Å². The Hall–Kier alpha value is -1.60. The maximum absolute atomic E-state index is 12.3. The number of amides is 1. The molecule has 6 nitrogen and oxygen atoms in total. The molecule has 24 heavy (non-hydrogen) atoms. The number of benzene rings is 1. The standard InChI is InChI=1S/C17H25NO5S/c1-12-6-8-15(9-7-12)24(20,21)23-13(2)14-10-18(11-14)16(19)22-17(3,4)5/h6-9,13-14H,10-11H2,1-5H3/t13-/m0/s1. The Labute approximate surface area is 143 Å². The summed E-state index contributed by atoms with van der Waals surface area (Å²) >= 11 is 0. The quantitative estimate of drug-likeness (QED) is 0.777. The van der Waals surface area contributed by atoms with Crippen LogP contribution in [0, 0.1) is 12.8 Å². The molecule has 1 heterocycles. The van der Waals surface area contributed by atoms with Gasteiger partial charge in [0, 0.05) is 19.0 Å². The van der Waals surface area contributed by atoms with Gasteiger partial charge in [-0.25, -0.2) is 4.79 Å². The highest BCUT2D eigenvalue weighted by molar-refractivity contribution is 7.86. The molecule has 7 heteroatoms. The second kappa shape index (κ2) is 6.72. The molecule has 2 rings (SSSR count). The average Bonchev–Trinajstić information content (AvgIpc) is 2.34. The normalized spacial score (nSPS) is 17.3. The molecule has 1 amide bonds. The van der Waals surface area contributed by atoms with Crippen LogP contribution in [-0.2, 0) is 19.0 Å². The second-order valence-electron chi connectivity index (χ2n) is 7.21. The largest absolute Gasteiger partial charge is 0.444 e. The minimum Gasteiger partial charge on any atom is -0.444 e. The molecule has 0 bridgehead atoms. The molecular formula is C17H25NO5S. The van der Waals surface area contributed by atoms with Crippen LogP contribution in [0.5, 0.6) is 0 Å². The molecule has 0 aliphatic carbocycles. The van der Waals surface area contributed by atoms with Crippen molar-refractivity contribution in [3.63, 3.8) is 0 Å². The number of rotatable bonds is 4. The summed E-state index contributed by atoms with van der Waals surface area (Å²) in [5, 5.41) is 0. The van der Waals surface area contributed by atoms with E-state index in [1.54, 1.807) is 24.0 Å². The van der Waals surface area contributed by atoms with Crippen molar-refractivity contribution in [3.05, 3.63) is 29.8 Å². The first-order valence-electron chi connectivity index (χ1n) is 7.96. The lowest BCUT2D eigenvalue weighted by atomic mass is 9.95. The van der Waals surface area contributed by atoms with E-state index in [-0.39, 0.29) is 16.9 Å². The molecule has 1 aliphatic rings. The third-order valence-corrected chi connectivity index (χ3v) is 5.22. The number of aryl methyl sites for hydroxylation is 1. The van der Waals surface area contributed by atoms with Gasteiger partial charge in [-0.05, 0) is 46.8 Å². The average molecular weight is 355 g/mol. The number of hydrogen-bond donors (Lipinski definition) is 0. The third kappa shape index (κ3) is 4.70. The minimum absolute atomic E-state index is 0.0299. The van der Waals surface area contributed by atoms with Gasteiger partial charge < -0.3 is 9.64 Å². The Kier molecular flexibility index (Phi) is 5.25. The molecule has 0 unspecified atom stereocenters. The van der Waals surface area contributed by atoms with Gasteiger partial charge >= 0.3 is 6.09 Å². The first-order valence-corrected chi connectivity index (χ1v) is 9.37. The van der Waals surface area contributed by atoms with E-state index >= 15 is 0 Å². The Morgan fingerprint density at radius 2 is 1.75 bits per heavy atom. The van der Waals surface area contributed by atoms with Crippen molar-refractivity contribution < 1.29 is 22.1 Å². The lowest BCUT2D eigenvalue weighted by Crippen LogP contribution is -2.55. The van der Waals surface area contributed by atoms with Crippen LogP contribution in [-0.4, -0.2) is 44.2 Å². The van der Waals surface area contributed by atoms with Crippen molar-refractivity contribution in [1.82, 2.24) is 4.90 Å². The van der Waals surface area contributed by atoms with E-state index in [9.17, 15) is 13.2 Å². The summed E-state index contributed by atoms with van der Waals surface area (Å²) in [5.41, 5.74) is 0.438. The van der Waals surface area contributed by atoms with E-state index in [1.807, 2.05) is 27.7 Å². The zero-order valence-electron chi connectivity index (χ0n) is 14.8. The van der Waals surface area contributed by atoms with Crippen LogP contribution in [0.3, 0.4) is 0 Å². The fourth-order valence-corrected chi connectivity index (χ4v) is 3.46. The van der Waals surface area contributed by atoms with E-state index in [0.717, 1.165) is 5.56 Å². The summed E-state index contributed by atoms with van der Waals surface area (Å²) in [6.45, 7) is 9.88. The molecule has 0 N–H and O–H groups in total. The molecule has 1 saturated heterocycles. The monoisotopic (exact) mass is 355 g/mol. The predicted molar refractivity (Wildman–Crippen MR) is 90.2 cm³/mol. The predicted octanol–water partition coefficient (Wildman–Crippen LogP) is 2.96. The molecule has 1 fully saturated rings. The van der Waals surface area contributed by atoms with Crippen molar-refractivity contribution in [2.75, 3.05) is 13.1 Å². The Morgan fingerprint density at radius 1 is 1.21 bits per heavy atom. The van der Waals surface area contributed by atoms with Crippen LogP contribution in [0.1, 0.15) is 33.3 Å². The summed E-state index contributed by atoms with van der Waals surface area (Å²) < 4.78 is 35.1. The zero-order chi connectivity index (χ0) is 18.1. The van der Waals surface area contributed by atoms with Crippen LogP contribution in [0.4, 0.5) is 4.79 Å². The van der Waals surface area contributed by atoms with Crippen LogP contribution in [0.25, 0.3) is 0 Å². The van der Waals surface area contributed by atoms with Crippen LogP contribution < -0.4 is 0 Å². The van der Waals surface area contributed by atoms with Crippen molar-refractivity contribution in [1.29, 1.82) is 0 Å². The summed E-state index contributed by atoms with van der Waals surface area (Å²) in [7, 11) is -3.80. The van der Waals surface area contributed by atoms with Gasteiger partial charge in [-0.3, -0.25) is 4.18 Å². The molecule has 1 aromatic carbocycles. The van der Waals surface area contributed by atoms with E-state index in [4.69, 9.17) is 8.92 Å². The SMILES string of the molecule is Cc1ccc(S(=O)(=O)O[C@@H](C)C2CN(C(=O)OC(C)(C)C)C2)cc1. The van der Waals surface area contributed by atoms with E-state index in [1.165, 1.54) is 12.1 Å². The molecular weight excluding hydrogens is 330 g/mol. The third-order valence-electron chi connectivity index (χ3n) is 3.81. The van der Waals surface area contributed by atoms with E-state index < -0.39 is 21.8 Å². The zero-order valence-corrected chi connectivity index (χ0v) is 15.6. The maximum Gasteiger partial charge on any atom is 0.410 e. The summed E-state index contributed by atoms with van der Waals surface area (Å²) in [6.07, 6.45) is -0.887. The highest BCUT2D eigenvalue weighted by atomic mass is 32.2. The smallest absolute Gasteiger partial charge is 0.410 e. The highest BCUT2D eigenvalue weighted by Crippen LogP contribution is 2.26. The minimum atomic E-state index is -3.80. The van der Waals surface area contributed by atoms with Gasteiger partial charge in [0.2, 0.25) is 0 Å². The van der Waals surface area contributed by atoms with Crippen molar-refractivity contribution in [2.24, 2.45) is 5.92 Å². The maximum atomic E-state index is 12.3. The lowest BCUT2D eigenvalue weighted by molar-refractivity contribution is -0.0201. The van der Waals surface area contributed by atoms with Gasteiger partial charge in [-0.2, -0.15) is 8.42 Å². The van der Waals surface area contributed by atoms with Gasteiger partial charge in [0.1, 0.15) is 5.60 Å². The number of nitrogens with zero attached hydrogens (tertiary/aromatic N) is 1. The van der Waals surface area contributed by atoms with Crippen molar-refractivity contribution in [3.8, 4) is 0 Å². The summed E-state index contributed by atoms with van der Waals surface area (Å²) in [5.74, 6) is -0.0299. The number of carbonyl (C=O) groups is 1. The van der Waals surface area contributed by atoms with Gasteiger partial charge in [0.05, 0.1) is 11.0 Å². The number of likely N-dealkylation sites (tertiary alicyclic amines) is 1. The Balaban J connectivity index is 1.89. The van der Waals surface area contributed by atoms with E-state index in [2.05, 4.69) is 0 Å². The van der Waals surface area contributed by atoms with Gasteiger partial charge in [-0.1, -0.05) is 17.7 Å². The highest BCUT2D eigenvalue weighted by Gasteiger charge is 2.38. The van der Waals surface area contributed by atoms with E-state index in [0.29, 0.717) is 13.1 Å². The first-order chi connectivity index (χ1) is 11.0. The van der Waals surface area contributed by atoms with Gasteiger partial charge in [-0.15, -0.1) is 0 Å².